The van der Waals surface area contributed by atoms with E-state index in [2.05, 4.69) is 228 Å². The Morgan fingerprint density at radius 1 is 0.305 bits per heavy atom. The van der Waals surface area contributed by atoms with Gasteiger partial charge in [-0.05, 0) is 121 Å². The number of aromatic nitrogens is 1. The first-order valence-corrected chi connectivity index (χ1v) is 20.5. The number of hydrogen-bond acceptors (Lipinski definition) is 1. The van der Waals surface area contributed by atoms with Gasteiger partial charge in [0.25, 0.3) is 0 Å². The van der Waals surface area contributed by atoms with Crippen molar-refractivity contribution in [1.29, 1.82) is 0 Å². The molecule has 2 heterocycles. The zero-order valence-corrected chi connectivity index (χ0v) is 32.4. The molecule has 0 radical (unpaired) electrons. The molecule has 0 saturated carbocycles. The predicted octanol–water partition coefficient (Wildman–Crippen LogP) is 15.5. The van der Waals surface area contributed by atoms with Gasteiger partial charge in [-0.15, -0.1) is 0 Å². The van der Waals surface area contributed by atoms with E-state index >= 15 is 0 Å². The molecule has 0 amide bonds. The summed E-state index contributed by atoms with van der Waals surface area (Å²) in [4.78, 5) is 2.49. The Morgan fingerprint density at radius 3 is 1.64 bits per heavy atom. The summed E-state index contributed by atoms with van der Waals surface area (Å²) in [6.07, 6.45) is 0.850. The summed E-state index contributed by atoms with van der Waals surface area (Å²) in [6.45, 7) is 0. The fourth-order valence-electron chi connectivity index (χ4n) is 9.58. The van der Waals surface area contributed by atoms with Crippen molar-refractivity contribution in [3.63, 3.8) is 0 Å². The van der Waals surface area contributed by atoms with Crippen LogP contribution >= 0.6 is 0 Å². The maximum Gasteiger partial charge on any atom is 0.0541 e. The molecule has 11 aromatic rings. The lowest BCUT2D eigenvalue weighted by Crippen LogP contribution is -2.19. The van der Waals surface area contributed by atoms with Gasteiger partial charge in [0.2, 0.25) is 0 Å². The van der Waals surface area contributed by atoms with Crippen LogP contribution in [0.2, 0.25) is 0 Å². The van der Waals surface area contributed by atoms with E-state index in [4.69, 9.17) is 0 Å². The molecule has 0 aliphatic carbocycles. The van der Waals surface area contributed by atoms with Crippen molar-refractivity contribution in [1.82, 2.24) is 4.57 Å². The van der Waals surface area contributed by atoms with Gasteiger partial charge in [-0.25, -0.2) is 0 Å². The lowest BCUT2D eigenvalue weighted by atomic mass is 9.89. The number of anilines is 3. The van der Waals surface area contributed by atoms with E-state index in [0.717, 1.165) is 12.1 Å². The van der Waals surface area contributed by atoms with Crippen LogP contribution in [-0.2, 0) is 6.42 Å². The van der Waals surface area contributed by atoms with Crippen LogP contribution in [-0.4, -0.2) is 4.57 Å². The lowest BCUT2D eigenvalue weighted by molar-refractivity contribution is 1.09. The Bertz CT molecular complexity index is 3400. The Balaban J connectivity index is 0.962. The molecule has 2 heteroatoms. The highest BCUT2D eigenvalue weighted by Gasteiger charge is 2.26. The van der Waals surface area contributed by atoms with Crippen molar-refractivity contribution in [2.75, 3.05) is 4.90 Å². The van der Waals surface area contributed by atoms with Crippen LogP contribution in [0.3, 0.4) is 0 Å². The molecule has 10 aromatic carbocycles. The molecule has 2 nitrogen and oxygen atoms in total. The van der Waals surface area contributed by atoms with Crippen LogP contribution in [0.1, 0.15) is 11.1 Å². The zero-order chi connectivity index (χ0) is 38.9. The van der Waals surface area contributed by atoms with E-state index in [1.807, 2.05) is 0 Å². The van der Waals surface area contributed by atoms with Crippen molar-refractivity contribution in [2.24, 2.45) is 0 Å². The van der Waals surface area contributed by atoms with Crippen molar-refractivity contribution < 1.29 is 0 Å². The first kappa shape index (κ1) is 33.5. The van der Waals surface area contributed by atoms with Gasteiger partial charge in [0, 0.05) is 39.6 Å². The third-order valence-corrected chi connectivity index (χ3v) is 12.4. The standard InChI is InChI=1S/C57H38N2/c1-2-12-38(13-3-1)43-27-33-57-52(37-43)51-20-8-9-22-56(51)58(57)47-29-24-39(25-30-47)42-26-31-53-45(34-42)36-46-35-44(49-21-10-16-40-14-4-6-18-48(40)49)28-32-54(46)59(53)55-23-11-17-41-15-5-7-19-50(41)55/h1-35,37H,36H2. The average Bonchev–Trinajstić information content (AvgIpc) is 3.64. The van der Waals surface area contributed by atoms with E-state index in [1.54, 1.807) is 0 Å². The molecule has 1 aliphatic rings. The molecule has 0 spiro atoms. The summed E-state index contributed by atoms with van der Waals surface area (Å²) in [6, 6.07) is 80.3. The molecule has 1 aromatic heterocycles. The number of para-hydroxylation sites is 1. The molecule has 1 aliphatic heterocycles. The van der Waals surface area contributed by atoms with E-state index in [0.29, 0.717) is 0 Å². The van der Waals surface area contributed by atoms with E-state index in [9.17, 15) is 0 Å². The SMILES string of the molecule is c1ccc(-c2ccc3c(c2)c2ccccc2n3-c2ccc(-c3ccc4c(c3)Cc3cc(-c5cccc6ccccc56)ccc3N4c3cccc4ccccc34)cc2)cc1. The Labute approximate surface area is 343 Å². The van der Waals surface area contributed by atoms with Crippen LogP contribution in [0.4, 0.5) is 17.1 Å². The van der Waals surface area contributed by atoms with E-state index in [1.165, 1.54) is 105 Å². The Hall–Kier alpha value is -7.68. The molecule has 0 fully saturated rings. The normalized spacial score (nSPS) is 12.3. The minimum absolute atomic E-state index is 0.850. The second-order valence-corrected chi connectivity index (χ2v) is 15.7. The largest absolute Gasteiger partial charge is 0.309 e. The fourth-order valence-corrected chi connectivity index (χ4v) is 9.58. The second-order valence-electron chi connectivity index (χ2n) is 15.7. The Morgan fingerprint density at radius 2 is 0.847 bits per heavy atom. The zero-order valence-electron chi connectivity index (χ0n) is 32.4. The van der Waals surface area contributed by atoms with Gasteiger partial charge in [0.15, 0.2) is 0 Å². The van der Waals surface area contributed by atoms with Crippen LogP contribution in [0.25, 0.3) is 82.4 Å². The highest BCUT2D eigenvalue weighted by Crippen LogP contribution is 2.48. The summed E-state index contributed by atoms with van der Waals surface area (Å²) in [5.74, 6) is 0. The summed E-state index contributed by atoms with van der Waals surface area (Å²) in [7, 11) is 0. The molecular formula is C57H38N2. The van der Waals surface area contributed by atoms with Crippen molar-refractivity contribution >= 4 is 60.4 Å². The number of fused-ring (bicyclic) bond motifs is 7. The van der Waals surface area contributed by atoms with Gasteiger partial charge in [-0.1, -0.05) is 158 Å². The van der Waals surface area contributed by atoms with Crippen LogP contribution in [0, 0.1) is 0 Å². The predicted molar refractivity (Wildman–Crippen MR) is 250 cm³/mol. The quantitative estimate of drug-likeness (QED) is 0.170. The van der Waals surface area contributed by atoms with Crippen molar-refractivity contribution in [2.45, 2.75) is 6.42 Å². The highest BCUT2D eigenvalue weighted by molar-refractivity contribution is 6.10. The second kappa shape index (κ2) is 13.5. The maximum atomic E-state index is 2.49. The van der Waals surface area contributed by atoms with Crippen LogP contribution in [0.5, 0.6) is 0 Å². The molecule has 0 saturated heterocycles. The maximum absolute atomic E-state index is 2.49. The van der Waals surface area contributed by atoms with Crippen molar-refractivity contribution in [3.05, 3.63) is 230 Å². The third-order valence-electron chi connectivity index (χ3n) is 12.4. The number of rotatable bonds is 5. The average molecular weight is 751 g/mol. The molecule has 276 valence electrons. The first-order valence-electron chi connectivity index (χ1n) is 20.5. The van der Waals surface area contributed by atoms with E-state index in [-0.39, 0.29) is 0 Å². The minimum Gasteiger partial charge on any atom is -0.309 e. The molecule has 12 rings (SSSR count). The van der Waals surface area contributed by atoms with Gasteiger partial charge in [0.05, 0.1) is 16.7 Å². The van der Waals surface area contributed by atoms with Crippen molar-refractivity contribution in [3.8, 4) is 39.1 Å². The first-order chi connectivity index (χ1) is 29.2. The van der Waals surface area contributed by atoms with Gasteiger partial charge in [0.1, 0.15) is 0 Å². The molecule has 0 unspecified atom stereocenters. The molecule has 0 atom stereocenters. The lowest BCUT2D eigenvalue weighted by Gasteiger charge is -2.35. The topological polar surface area (TPSA) is 8.17 Å². The molecular weight excluding hydrogens is 713 g/mol. The smallest absolute Gasteiger partial charge is 0.0541 e. The molecule has 59 heavy (non-hydrogen) atoms. The highest BCUT2D eigenvalue weighted by atomic mass is 15.2. The summed E-state index contributed by atoms with van der Waals surface area (Å²) < 4.78 is 2.41. The van der Waals surface area contributed by atoms with Gasteiger partial charge in [-0.3, -0.25) is 0 Å². The number of nitrogens with zero attached hydrogens (tertiary/aromatic N) is 2. The molecule has 0 bridgehead atoms. The summed E-state index contributed by atoms with van der Waals surface area (Å²) in [5.41, 5.74) is 17.3. The third kappa shape index (κ3) is 5.49. The van der Waals surface area contributed by atoms with E-state index < -0.39 is 0 Å². The summed E-state index contributed by atoms with van der Waals surface area (Å²) >= 11 is 0. The van der Waals surface area contributed by atoms with Gasteiger partial charge in [-0.2, -0.15) is 0 Å². The van der Waals surface area contributed by atoms with Gasteiger partial charge < -0.3 is 9.47 Å². The number of benzene rings is 10. The fraction of sp³-hybridized carbons (Fsp3) is 0.0175. The number of hydrogen-bond donors (Lipinski definition) is 0. The Kier molecular flexibility index (Phi) is 7.64. The summed E-state index contributed by atoms with van der Waals surface area (Å²) in [5, 5.41) is 7.55. The van der Waals surface area contributed by atoms with Gasteiger partial charge >= 0.3 is 0 Å². The van der Waals surface area contributed by atoms with Crippen LogP contribution < -0.4 is 4.90 Å². The van der Waals surface area contributed by atoms with Crippen LogP contribution in [0.15, 0.2) is 218 Å². The monoisotopic (exact) mass is 750 g/mol. The minimum atomic E-state index is 0.850. The molecule has 0 N–H and O–H groups in total.